The van der Waals surface area contributed by atoms with Crippen molar-refractivity contribution in [1.82, 2.24) is 15.5 Å². The summed E-state index contributed by atoms with van der Waals surface area (Å²) in [6, 6.07) is 2.82. The molecule has 0 spiro atoms. The molecule has 1 aromatic rings. The van der Waals surface area contributed by atoms with Crippen LogP contribution in [0, 0.1) is 5.92 Å². The highest BCUT2D eigenvalue weighted by molar-refractivity contribution is 5.91. The summed E-state index contributed by atoms with van der Waals surface area (Å²) >= 11 is 0. The van der Waals surface area contributed by atoms with Gasteiger partial charge in [-0.15, -0.1) is 10.2 Å². The number of rotatable bonds is 5. The summed E-state index contributed by atoms with van der Waals surface area (Å²) in [6.07, 6.45) is 0. The second kappa shape index (κ2) is 5.95. The fourth-order valence-electron chi connectivity index (χ4n) is 1.23. The number of carbonyl (C=O) groups excluding carboxylic acids is 1. The molecular formula is C11H16N4O3. The maximum absolute atomic E-state index is 11.2. The van der Waals surface area contributed by atoms with E-state index >= 15 is 0 Å². The van der Waals surface area contributed by atoms with E-state index in [1.807, 2.05) is 0 Å². The molecule has 18 heavy (non-hydrogen) atoms. The minimum absolute atomic E-state index is 0.210. The van der Waals surface area contributed by atoms with Crippen molar-refractivity contribution in [3.8, 4) is 0 Å². The summed E-state index contributed by atoms with van der Waals surface area (Å²) in [6.45, 7) is 3.35. The lowest BCUT2D eigenvalue weighted by molar-refractivity contribution is -0.141. The van der Waals surface area contributed by atoms with Crippen LogP contribution in [0.2, 0.25) is 0 Å². The summed E-state index contributed by atoms with van der Waals surface area (Å²) in [5.41, 5.74) is 0.210. The van der Waals surface area contributed by atoms with Crippen LogP contribution in [0.25, 0.3) is 0 Å². The molecule has 0 bridgehead atoms. The molecule has 0 fully saturated rings. The number of nitrogens with one attached hydrogen (secondary N) is 2. The first kappa shape index (κ1) is 13.9. The molecule has 7 heteroatoms. The number of aromatic nitrogens is 2. The predicted molar refractivity (Wildman–Crippen MR) is 65.3 cm³/mol. The molecule has 0 radical (unpaired) electrons. The monoisotopic (exact) mass is 252 g/mol. The Labute approximate surface area is 105 Å². The Morgan fingerprint density at radius 1 is 1.28 bits per heavy atom. The van der Waals surface area contributed by atoms with Gasteiger partial charge in [-0.1, -0.05) is 0 Å². The van der Waals surface area contributed by atoms with Crippen LogP contribution in [0.5, 0.6) is 0 Å². The molecule has 0 aliphatic carbocycles. The van der Waals surface area contributed by atoms with Crippen molar-refractivity contribution in [2.24, 2.45) is 5.92 Å². The Bertz CT molecular complexity index is 432. The number of aliphatic carboxylic acids is 1. The highest BCUT2D eigenvalue weighted by atomic mass is 16.4. The molecule has 1 amide bonds. The number of amides is 1. The lowest BCUT2D eigenvalue weighted by atomic mass is 10.0. The third-order valence-electron chi connectivity index (χ3n) is 2.64. The molecule has 3 N–H and O–H groups in total. The third kappa shape index (κ3) is 3.41. The van der Waals surface area contributed by atoms with E-state index in [9.17, 15) is 9.59 Å². The molecule has 98 valence electrons. The van der Waals surface area contributed by atoms with E-state index in [-0.39, 0.29) is 17.6 Å². The lowest BCUT2D eigenvalue weighted by Crippen LogP contribution is -2.30. The molecule has 7 nitrogen and oxygen atoms in total. The molecule has 1 rings (SSSR count). The van der Waals surface area contributed by atoms with E-state index in [0.717, 1.165) is 0 Å². The summed E-state index contributed by atoms with van der Waals surface area (Å²) < 4.78 is 0. The van der Waals surface area contributed by atoms with Crippen LogP contribution < -0.4 is 10.6 Å². The lowest BCUT2D eigenvalue weighted by Gasteiger charge is -2.17. The van der Waals surface area contributed by atoms with Crippen LogP contribution in [0.3, 0.4) is 0 Å². The van der Waals surface area contributed by atoms with Crippen LogP contribution in [0.4, 0.5) is 5.82 Å². The molecule has 0 aromatic carbocycles. The molecule has 0 aliphatic heterocycles. The number of hydrogen-bond donors (Lipinski definition) is 3. The molecular weight excluding hydrogens is 236 g/mol. The van der Waals surface area contributed by atoms with Gasteiger partial charge in [-0.2, -0.15) is 0 Å². The molecule has 2 atom stereocenters. The average Bonchev–Trinajstić information content (AvgIpc) is 2.37. The summed E-state index contributed by atoms with van der Waals surface area (Å²) in [5, 5.41) is 21.8. The van der Waals surface area contributed by atoms with Gasteiger partial charge in [0, 0.05) is 13.1 Å². The zero-order valence-corrected chi connectivity index (χ0v) is 10.5. The molecule has 0 saturated carbocycles. The van der Waals surface area contributed by atoms with Gasteiger partial charge in [0.2, 0.25) is 0 Å². The first-order chi connectivity index (χ1) is 8.45. The van der Waals surface area contributed by atoms with Crippen molar-refractivity contribution in [2.75, 3.05) is 12.4 Å². The van der Waals surface area contributed by atoms with Gasteiger partial charge >= 0.3 is 5.97 Å². The molecule has 2 unspecified atom stereocenters. The third-order valence-corrected chi connectivity index (χ3v) is 2.64. The first-order valence-corrected chi connectivity index (χ1v) is 5.51. The van der Waals surface area contributed by atoms with Gasteiger partial charge in [0.25, 0.3) is 5.91 Å². The number of anilines is 1. The van der Waals surface area contributed by atoms with E-state index in [1.54, 1.807) is 19.9 Å². The zero-order chi connectivity index (χ0) is 13.7. The highest BCUT2D eigenvalue weighted by Gasteiger charge is 2.19. The van der Waals surface area contributed by atoms with Gasteiger partial charge < -0.3 is 15.7 Å². The Hall–Kier alpha value is -2.18. The average molecular weight is 252 g/mol. The maximum Gasteiger partial charge on any atom is 0.308 e. The summed E-state index contributed by atoms with van der Waals surface area (Å²) in [4.78, 5) is 22.0. The van der Waals surface area contributed by atoms with Crippen molar-refractivity contribution in [1.29, 1.82) is 0 Å². The number of carboxylic acids is 1. The standard InChI is InChI=1S/C11H16N4O3/c1-6(11(17)18)7(2)13-9-5-4-8(14-15-9)10(16)12-3/h4-7H,1-3H3,(H,12,16)(H,13,15)(H,17,18). The minimum Gasteiger partial charge on any atom is -0.481 e. The number of nitrogens with zero attached hydrogens (tertiary/aromatic N) is 2. The first-order valence-electron chi connectivity index (χ1n) is 5.51. The van der Waals surface area contributed by atoms with Gasteiger partial charge in [-0.25, -0.2) is 0 Å². The van der Waals surface area contributed by atoms with Crippen LogP contribution in [0.1, 0.15) is 24.3 Å². The zero-order valence-electron chi connectivity index (χ0n) is 10.5. The summed E-state index contributed by atoms with van der Waals surface area (Å²) in [7, 11) is 1.51. The van der Waals surface area contributed by atoms with Gasteiger partial charge in [0.15, 0.2) is 5.69 Å². The number of carboxylic acid groups (broad SMARTS) is 1. The topological polar surface area (TPSA) is 104 Å². The van der Waals surface area contributed by atoms with Crippen molar-refractivity contribution >= 4 is 17.7 Å². The van der Waals surface area contributed by atoms with Gasteiger partial charge in [-0.3, -0.25) is 9.59 Å². The van der Waals surface area contributed by atoms with Crippen molar-refractivity contribution in [3.05, 3.63) is 17.8 Å². The second-order valence-electron chi connectivity index (χ2n) is 3.94. The van der Waals surface area contributed by atoms with E-state index in [4.69, 9.17) is 5.11 Å². The van der Waals surface area contributed by atoms with Gasteiger partial charge in [-0.05, 0) is 26.0 Å². The van der Waals surface area contributed by atoms with Crippen LogP contribution >= 0.6 is 0 Å². The Morgan fingerprint density at radius 2 is 1.94 bits per heavy atom. The Balaban J connectivity index is 2.69. The normalized spacial score (nSPS) is 13.5. The molecule has 1 heterocycles. The van der Waals surface area contributed by atoms with E-state index in [1.165, 1.54) is 13.1 Å². The largest absolute Gasteiger partial charge is 0.481 e. The number of carbonyl (C=O) groups is 2. The van der Waals surface area contributed by atoms with Crippen molar-refractivity contribution in [3.63, 3.8) is 0 Å². The number of hydrogen-bond acceptors (Lipinski definition) is 5. The van der Waals surface area contributed by atoms with Crippen molar-refractivity contribution < 1.29 is 14.7 Å². The van der Waals surface area contributed by atoms with Gasteiger partial charge in [0.1, 0.15) is 5.82 Å². The summed E-state index contributed by atoms with van der Waals surface area (Å²) in [5.74, 6) is -1.32. The predicted octanol–water partition coefficient (Wildman–Crippen LogP) is 0.357. The van der Waals surface area contributed by atoms with E-state index in [0.29, 0.717) is 5.82 Å². The molecule has 1 aromatic heterocycles. The van der Waals surface area contributed by atoms with Crippen LogP contribution in [-0.4, -0.2) is 40.3 Å². The Morgan fingerprint density at radius 3 is 2.39 bits per heavy atom. The highest BCUT2D eigenvalue weighted by Crippen LogP contribution is 2.10. The van der Waals surface area contributed by atoms with E-state index in [2.05, 4.69) is 20.8 Å². The fraction of sp³-hybridized carbons (Fsp3) is 0.455. The molecule has 0 aliphatic rings. The SMILES string of the molecule is CNC(=O)c1ccc(NC(C)C(C)C(=O)O)nn1. The second-order valence-corrected chi connectivity index (χ2v) is 3.94. The minimum atomic E-state index is -0.884. The van der Waals surface area contributed by atoms with Gasteiger partial charge in [0.05, 0.1) is 5.92 Å². The van der Waals surface area contributed by atoms with Crippen LogP contribution in [-0.2, 0) is 4.79 Å². The maximum atomic E-state index is 11.2. The van der Waals surface area contributed by atoms with Crippen LogP contribution in [0.15, 0.2) is 12.1 Å². The smallest absolute Gasteiger partial charge is 0.308 e. The van der Waals surface area contributed by atoms with E-state index < -0.39 is 11.9 Å². The fourth-order valence-corrected chi connectivity index (χ4v) is 1.23. The Kier molecular flexibility index (Phi) is 4.59. The molecule has 0 saturated heterocycles. The quantitative estimate of drug-likeness (QED) is 0.698. The van der Waals surface area contributed by atoms with Crippen molar-refractivity contribution in [2.45, 2.75) is 19.9 Å².